The van der Waals surface area contributed by atoms with Crippen molar-refractivity contribution < 1.29 is 37.3 Å². The molecule has 1 amide bonds. The van der Waals surface area contributed by atoms with Crippen LogP contribution in [0.5, 0.6) is 11.5 Å². The number of ether oxygens (including phenoxy) is 3. The Balaban J connectivity index is 1.45. The summed E-state index contributed by atoms with van der Waals surface area (Å²) in [6, 6.07) is 7.50. The van der Waals surface area contributed by atoms with Crippen LogP contribution in [-0.4, -0.2) is 52.7 Å². The fourth-order valence-corrected chi connectivity index (χ4v) is 6.30. The van der Waals surface area contributed by atoms with Gasteiger partial charge in [0.25, 0.3) is 5.91 Å². The summed E-state index contributed by atoms with van der Waals surface area (Å²) in [6.07, 6.45) is 4.49. The molecule has 0 spiro atoms. The molecule has 2 aliphatic rings. The predicted octanol–water partition coefficient (Wildman–Crippen LogP) is 4.91. The molecule has 2 atom stereocenters. The second kappa shape index (κ2) is 14.1. The lowest BCUT2D eigenvalue weighted by Crippen LogP contribution is -2.41. The number of hydrogen-bond donors (Lipinski definition) is 1. The van der Waals surface area contributed by atoms with E-state index in [4.69, 9.17) is 38.4 Å². The number of benzene rings is 1. The molecule has 15 heteroatoms. The Morgan fingerprint density at radius 2 is 1.91 bits per heavy atom. The number of carbonyl (C=O) groups excluding carboxylic acids is 2. The van der Waals surface area contributed by atoms with Crippen molar-refractivity contribution in [1.82, 2.24) is 9.88 Å². The van der Waals surface area contributed by atoms with E-state index in [0.717, 1.165) is 25.2 Å². The Kier molecular flexibility index (Phi) is 10.3. The highest BCUT2D eigenvalue weighted by molar-refractivity contribution is 8.00. The molecule has 10 nitrogen and oxygen atoms in total. The van der Waals surface area contributed by atoms with Gasteiger partial charge in [-0.15, -0.1) is 11.8 Å². The average molecular weight is 670 g/mol. The molecule has 0 radical (unpaired) electrons. The smallest absolute Gasteiger partial charge is 0.387 e. The molecule has 234 valence electrons. The summed E-state index contributed by atoms with van der Waals surface area (Å²) in [5.41, 5.74) is 7.26. The van der Waals surface area contributed by atoms with E-state index in [9.17, 15) is 23.6 Å². The highest BCUT2D eigenvalue weighted by Gasteiger charge is 2.39. The van der Waals surface area contributed by atoms with Crippen LogP contribution in [-0.2, 0) is 22.5 Å². The summed E-state index contributed by atoms with van der Waals surface area (Å²) < 4.78 is 43.2. The van der Waals surface area contributed by atoms with E-state index in [2.05, 4.69) is 9.72 Å². The molecule has 1 aliphatic heterocycles. The zero-order chi connectivity index (χ0) is 31.4. The molecule has 1 saturated heterocycles. The van der Waals surface area contributed by atoms with Crippen LogP contribution >= 0.6 is 35.0 Å². The molecule has 2 N–H and O–H groups in total. The summed E-state index contributed by atoms with van der Waals surface area (Å²) >= 11 is 13.9. The molecule has 2 aromatic heterocycles. The molecule has 1 unspecified atom stereocenters. The van der Waals surface area contributed by atoms with Gasteiger partial charge in [-0.2, -0.15) is 13.5 Å². The quantitative estimate of drug-likeness (QED) is 0.162. The van der Waals surface area contributed by atoms with Gasteiger partial charge in [0.1, 0.15) is 21.8 Å². The van der Waals surface area contributed by atoms with Gasteiger partial charge in [-0.3, -0.25) is 9.78 Å². The van der Waals surface area contributed by atoms with E-state index >= 15 is 0 Å². The van der Waals surface area contributed by atoms with Gasteiger partial charge in [0, 0.05) is 37.0 Å². The summed E-state index contributed by atoms with van der Waals surface area (Å²) in [5, 5.41) is 10.9. The van der Waals surface area contributed by atoms with Gasteiger partial charge in [-0.1, -0.05) is 29.3 Å². The highest BCUT2D eigenvalue weighted by atomic mass is 35.5. The Labute approximate surface area is 265 Å². The first-order valence-corrected chi connectivity index (χ1v) is 15.5. The number of pyridine rings is 2. The first kappa shape index (κ1) is 32.0. The maximum atomic E-state index is 13.7. The molecule has 3 aromatic rings. The third-order valence-corrected chi connectivity index (χ3v) is 8.90. The van der Waals surface area contributed by atoms with E-state index in [1.54, 1.807) is 12.1 Å². The number of nitrogens with two attached hydrogens (primary N) is 1. The van der Waals surface area contributed by atoms with E-state index < -0.39 is 30.0 Å². The number of hydrogen-bond acceptors (Lipinski definition) is 9. The lowest BCUT2D eigenvalue weighted by atomic mass is 10.0. The van der Waals surface area contributed by atoms with Gasteiger partial charge in [-0.25, -0.2) is 4.79 Å². The number of rotatable bonds is 12. The Hall–Kier alpha value is -3.39. The average Bonchev–Trinajstić information content (AvgIpc) is 3.69. The third-order valence-electron chi connectivity index (χ3n) is 7.07. The lowest BCUT2D eigenvalue weighted by Gasteiger charge is -2.26. The van der Waals surface area contributed by atoms with E-state index in [-0.39, 0.29) is 46.7 Å². The molecule has 0 bridgehead atoms. The van der Waals surface area contributed by atoms with Crippen LogP contribution in [0.2, 0.25) is 10.0 Å². The molecule has 3 heterocycles. The SMILES string of the molecule is NCc1ccnc(C(=O)N2CCS[C@H]2C(=O)OC(Cc2c(Cl)c[n+]([O-])cc2Cl)c2ccc(OC(F)F)c(OCC3CC3)c2)c1. The largest absolute Gasteiger partial charge is 0.619 e. The monoisotopic (exact) mass is 668 g/mol. The molecule has 1 aliphatic carbocycles. The van der Waals surface area contributed by atoms with Gasteiger partial charge < -0.3 is 30.1 Å². The Bertz CT molecular complexity index is 1510. The molecular formula is C29H28Cl2F2N4O6S. The first-order valence-electron chi connectivity index (χ1n) is 13.7. The van der Waals surface area contributed by atoms with E-state index in [1.807, 2.05) is 0 Å². The number of nitrogens with zero attached hydrogens (tertiary/aromatic N) is 3. The molecular weight excluding hydrogens is 641 g/mol. The number of carbonyl (C=O) groups is 2. The molecule has 1 saturated carbocycles. The Morgan fingerprint density at radius 1 is 1.16 bits per heavy atom. The zero-order valence-electron chi connectivity index (χ0n) is 23.2. The number of halogens is 4. The number of esters is 1. The number of aromatic nitrogens is 2. The van der Waals surface area contributed by atoms with Crippen molar-refractivity contribution in [3.63, 3.8) is 0 Å². The van der Waals surface area contributed by atoms with Crippen molar-refractivity contribution in [2.75, 3.05) is 18.9 Å². The molecule has 44 heavy (non-hydrogen) atoms. The van der Waals surface area contributed by atoms with Crippen LogP contribution < -0.4 is 19.9 Å². The van der Waals surface area contributed by atoms with Crippen LogP contribution in [0.1, 0.15) is 46.1 Å². The van der Waals surface area contributed by atoms with Crippen LogP contribution in [0.15, 0.2) is 48.9 Å². The topological polar surface area (TPSA) is 131 Å². The second-order valence-corrected chi connectivity index (χ2v) is 12.2. The minimum atomic E-state index is -3.08. The van der Waals surface area contributed by atoms with Crippen molar-refractivity contribution in [1.29, 1.82) is 0 Å². The summed E-state index contributed by atoms with van der Waals surface area (Å²) in [7, 11) is 0. The van der Waals surface area contributed by atoms with Crippen molar-refractivity contribution >= 4 is 46.8 Å². The van der Waals surface area contributed by atoms with Crippen LogP contribution in [0, 0.1) is 11.1 Å². The highest BCUT2D eigenvalue weighted by Crippen LogP contribution is 2.38. The maximum absolute atomic E-state index is 13.7. The van der Waals surface area contributed by atoms with Gasteiger partial charge in [0.15, 0.2) is 29.3 Å². The van der Waals surface area contributed by atoms with Crippen molar-refractivity contribution in [3.8, 4) is 11.5 Å². The minimum absolute atomic E-state index is 0.0364. The van der Waals surface area contributed by atoms with Crippen molar-refractivity contribution in [3.05, 3.63) is 86.6 Å². The van der Waals surface area contributed by atoms with Gasteiger partial charge in [0.05, 0.1) is 6.61 Å². The van der Waals surface area contributed by atoms with Gasteiger partial charge in [0.2, 0.25) is 0 Å². The summed E-state index contributed by atoms with van der Waals surface area (Å²) in [5.74, 6) is -0.510. The predicted molar refractivity (Wildman–Crippen MR) is 159 cm³/mol. The number of alkyl halides is 2. The van der Waals surface area contributed by atoms with E-state index in [1.165, 1.54) is 41.1 Å². The fraction of sp³-hybridized carbons (Fsp3) is 0.379. The normalized spacial score (nSPS) is 17.0. The number of thioether (sulfide) groups is 1. The van der Waals surface area contributed by atoms with Crippen LogP contribution in [0.25, 0.3) is 0 Å². The van der Waals surface area contributed by atoms with Gasteiger partial charge >= 0.3 is 12.6 Å². The minimum Gasteiger partial charge on any atom is -0.619 e. The third kappa shape index (κ3) is 7.81. The van der Waals surface area contributed by atoms with E-state index in [0.29, 0.717) is 39.7 Å². The summed E-state index contributed by atoms with van der Waals surface area (Å²) in [4.78, 5) is 32.5. The fourth-order valence-electron chi connectivity index (χ4n) is 4.60. The Morgan fingerprint density at radius 3 is 2.59 bits per heavy atom. The van der Waals surface area contributed by atoms with Crippen molar-refractivity contribution in [2.45, 2.75) is 43.9 Å². The standard InChI is InChI=1S/C29H28Cl2F2N4O6S/c30-20-13-36(40)14-21(31)19(20)11-24(18-3-4-23(43-29(32)33)25(10-18)41-15-16-1-2-16)42-28(39)27-37(7-8-44-27)26(38)22-9-17(12-34)5-6-35-22/h3-6,9-10,13-14,16,24,27,29H,1-2,7-8,11-12,15,34H2/t24?,27-/m0/s1. The van der Waals surface area contributed by atoms with Crippen LogP contribution in [0.3, 0.4) is 0 Å². The molecule has 2 fully saturated rings. The molecule has 5 rings (SSSR count). The lowest BCUT2D eigenvalue weighted by molar-refractivity contribution is -0.605. The summed E-state index contributed by atoms with van der Waals surface area (Å²) in [6.45, 7) is -2.28. The maximum Gasteiger partial charge on any atom is 0.387 e. The first-order chi connectivity index (χ1) is 21.1. The second-order valence-electron chi connectivity index (χ2n) is 10.2. The van der Waals surface area contributed by atoms with Crippen molar-refractivity contribution in [2.24, 2.45) is 11.7 Å². The zero-order valence-corrected chi connectivity index (χ0v) is 25.5. The van der Waals surface area contributed by atoms with Gasteiger partial charge in [-0.05, 0) is 54.2 Å². The number of amides is 1. The van der Waals surface area contributed by atoms with Crippen LogP contribution in [0.4, 0.5) is 8.78 Å². The molecule has 1 aromatic carbocycles.